The smallest absolute Gasteiger partial charge is 0.0652 e. The molecule has 4 atom stereocenters. The summed E-state index contributed by atoms with van der Waals surface area (Å²) in [5.41, 5.74) is 0.306. The average Bonchev–Trinajstić information content (AvgIpc) is 2.87. The molecule has 1 saturated carbocycles. The molecule has 3 rings (SSSR count). The molecular weight excluding hydrogens is 212 g/mol. The minimum absolute atomic E-state index is 0.306. The van der Waals surface area contributed by atoms with Gasteiger partial charge in [-0.15, -0.1) is 0 Å². The highest BCUT2D eigenvalue weighted by Gasteiger charge is 2.50. The third-order valence-electron chi connectivity index (χ3n) is 5.48. The molecule has 1 aliphatic carbocycles. The Hall–Kier alpha value is -0.120. The van der Waals surface area contributed by atoms with E-state index in [1.165, 1.54) is 38.8 Å². The van der Waals surface area contributed by atoms with Crippen LogP contribution in [-0.2, 0) is 4.74 Å². The van der Waals surface area contributed by atoms with Gasteiger partial charge in [-0.05, 0) is 32.2 Å². The molecule has 98 valence electrons. The Morgan fingerprint density at radius 1 is 1.24 bits per heavy atom. The summed E-state index contributed by atoms with van der Waals surface area (Å²) in [4.78, 5) is 2.68. The van der Waals surface area contributed by atoms with Crippen molar-refractivity contribution in [1.29, 1.82) is 0 Å². The Labute approximate surface area is 105 Å². The first kappa shape index (κ1) is 11.9. The highest BCUT2D eigenvalue weighted by molar-refractivity contribution is 5.06. The molecule has 1 N–H and O–H groups in total. The van der Waals surface area contributed by atoms with Crippen LogP contribution in [0.2, 0.25) is 0 Å². The van der Waals surface area contributed by atoms with E-state index >= 15 is 0 Å². The summed E-state index contributed by atoms with van der Waals surface area (Å²) in [7, 11) is 1.84. The van der Waals surface area contributed by atoms with Gasteiger partial charge in [0.1, 0.15) is 0 Å². The van der Waals surface area contributed by atoms with E-state index in [2.05, 4.69) is 24.1 Å². The summed E-state index contributed by atoms with van der Waals surface area (Å²) in [6, 6.07) is 2.21. The van der Waals surface area contributed by atoms with Crippen LogP contribution in [0.25, 0.3) is 0 Å². The Morgan fingerprint density at radius 3 is 2.76 bits per heavy atom. The maximum absolute atomic E-state index is 5.53. The van der Waals surface area contributed by atoms with Crippen molar-refractivity contribution in [2.24, 2.45) is 5.41 Å². The maximum Gasteiger partial charge on any atom is 0.0652 e. The van der Waals surface area contributed by atoms with E-state index in [-0.39, 0.29) is 0 Å². The van der Waals surface area contributed by atoms with E-state index in [4.69, 9.17) is 4.74 Å². The summed E-state index contributed by atoms with van der Waals surface area (Å²) in [5, 5.41) is 3.92. The molecule has 0 radical (unpaired) electrons. The second kappa shape index (κ2) is 4.22. The number of nitrogens with zero attached hydrogens (tertiary/aromatic N) is 1. The lowest BCUT2D eigenvalue weighted by atomic mass is 9.64. The number of hydrogen-bond acceptors (Lipinski definition) is 3. The van der Waals surface area contributed by atoms with Gasteiger partial charge in [-0.25, -0.2) is 0 Å². The molecule has 3 nitrogen and oxygen atoms in total. The predicted molar refractivity (Wildman–Crippen MR) is 69.1 cm³/mol. The summed E-state index contributed by atoms with van der Waals surface area (Å²) in [5.74, 6) is 0. The Kier molecular flexibility index (Phi) is 2.96. The molecule has 0 bridgehead atoms. The quantitative estimate of drug-likeness (QED) is 0.809. The van der Waals surface area contributed by atoms with Gasteiger partial charge in [-0.1, -0.05) is 13.8 Å². The second-order valence-corrected chi connectivity index (χ2v) is 6.64. The molecule has 0 amide bonds. The number of nitrogens with one attached hydrogen (secondary N) is 1. The average molecular weight is 238 g/mol. The first-order valence-electron chi connectivity index (χ1n) is 7.16. The fourth-order valence-corrected chi connectivity index (χ4v) is 4.10. The third kappa shape index (κ3) is 1.83. The van der Waals surface area contributed by atoms with Gasteiger partial charge in [0.25, 0.3) is 0 Å². The summed E-state index contributed by atoms with van der Waals surface area (Å²) in [6.45, 7) is 7.31. The van der Waals surface area contributed by atoms with Crippen LogP contribution in [0.4, 0.5) is 0 Å². The van der Waals surface area contributed by atoms with Crippen LogP contribution in [0, 0.1) is 5.41 Å². The normalized spacial score (nSPS) is 44.6. The highest BCUT2D eigenvalue weighted by atomic mass is 16.5. The van der Waals surface area contributed by atoms with Gasteiger partial charge < -0.3 is 10.1 Å². The molecule has 2 heterocycles. The number of ether oxygens (including phenoxy) is 1. The second-order valence-electron chi connectivity index (χ2n) is 6.64. The Balaban J connectivity index is 1.58. The van der Waals surface area contributed by atoms with Gasteiger partial charge in [0, 0.05) is 37.2 Å². The van der Waals surface area contributed by atoms with E-state index in [0.717, 1.165) is 12.1 Å². The van der Waals surface area contributed by atoms with Crippen molar-refractivity contribution in [3.05, 3.63) is 0 Å². The van der Waals surface area contributed by atoms with Crippen molar-refractivity contribution in [1.82, 2.24) is 10.2 Å². The first-order chi connectivity index (χ1) is 8.13. The molecule has 0 aromatic carbocycles. The van der Waals surface area contributed by atoms with Crippen LogP contribution < -0.4 is 5.32 Å². The molecule has 17 heavy (non-hydrogen) atoms. The minimum atomic E-state index is 0.306. The van der Waals surface area contributed by atoms with Gasteiger partial charge in [0.2, 0.25) is 0 Å². The lowest BCUT2D eigenvalue weighted by Crippen LogP contribution is -2.63. The highest BCUT2D eigenvalue weighted by Crippen LogP contribution is 2.43. The van der Waals surface area contributed by atoms with E-state index in [9.17, 15) is 0 Å². The van der Waals surface area contributed by atoms with Crippen molar-refractivity contribution in [2.75, 3.05) is 20.2 Å². The van der Waals surface area contributed by atoms with E-state index in [1.54, 1.807) is 0 Å². The third-order valence-corrected chi connectivity index (χ3v) is 5.48. The first-order valence-corrected chi connectivity index (χ1v) is 7.16. The molecular formula is C14H26N2O. The standard InChI is InChI=1S/C14H26N2O/c1-14(2)12(9-13(14)17-3)15-10-6-8-16-7-4-5-11(10)16/h10-13,15H,4-9H2,1-3H3. The molecule has 0 aromatic heterocycles. The van der Waals surface area contributed by atoms with E-state index in [1.807, 2.05) is 7.11 Å². The number of methoxy groups -OCH3 is 1. The number of fused-ring (bicyclic) bond motifs is 1. The van der Waals surface area contributed by atoms with Crippen molar-refractivity contribution >= 4 is 0 Å². The monoisotopic (exact) mass is 238 g/mol. The van der Waals surface area contributed by atoms with E-state index in [0.29, 0.717) is 17.6 Å². The largest absolute Gasteiger partial charge is 0.381 e. The van der Waals surface area contributed by atoms with Gasteiger partial charge in [-0.3, -0.25) is 4.90 Å². The number of rotatable bonds is 3. The van der Waals surface area contributed by atoms with Crippen LogP contribution in [-0.4, -0.2) is 49.3 Å². The molecule has 3 fully saturated rings. The van der Waals surface area contributed by atoms with Crippen LogP contribution in [0.5, 0.6) is 0 Å². The van der Waals surface area contributed by atoms with Crippen molar-refractivity contribution in [2.45, 2.75) is 63.8 Å². The molecule has 3 heteroatoms. The Bertz CT molecular complexity index is 292. The maximum atomic E-state index is 5.53. The summed E-state index contributed by atoms with van der Waals surface area (Å²) < 4.78 is 5.53. The van der Waals surface area contributed by atoms with Gasteiger partial charge in [0.05, 0.1) is 6.10 Å². The summed E-state index contributed by atoms with van der Waals surface area (Å²) in [6.07, 6.45) is 5.78. The van der Waals surface area contributed by atoms with Gasteiger partial charge >= 0.3 is 0 Å². The minimum Gasteiger partial charge on any atom is -0.381 e. The lowest BCUT2D eigenvalue weighted by Gasteiger charge is -2.52. The van der Waals surface area contributed by atoms with E-state index < -0.39 is 0 Å². The van der Waals surface area contributed by atoms with Crippen LogP contribution in [0.3, 0.4) is 0 Å². The van der Waals surface area contributed by atoms with Crippen LogP contribution in [0.15, 0.2) is 0 Å². The summed E-state index contributed by atoms with van der Waals surface area (Å²) >= 11 is 0. The van der Waals surface area contributed by atoms with Crippen molar-refractivity contribution in [3.8, 4) is 0 Å². The number of hydrogen-bond donors (Lipinski definition) is 1. The zero-order chi connectivity index (χ0) is 12.0. The van der Waals surface area contributed by atoms with Gasteiger partial charge in [-0.2, -0.15) is 0 Å². The fraction of sp³-hybridized carbons (Fsp3) is 1.00. The predicted octanol–water partition coefficient (Wildman–Crippen LogP) is 1.63. The fourth-order valence-electron chi connectivity index (χ4n) is 4.10. The topological polar surface area (TPSA) is 24.5 Å². The molecule has 2 aliphatic heterocycles. The SMILES string of the molecule is COC1CC(NC2CCN3CCCC23)C1(C)C. The molecule has 4 unspecified atom stereocenters. The van der Waals surface area contributed by atoms with Crippen LogP contribution >= 0.6 is 0 Å². The lowest BCUT2D eigenvalue weighted by molar-refractivity contribution is -0.101. The molecule has 0 aromatic rings. The molecule has 0 spiro atoms. The van der Waals surface area contributed by atoms with Gasteiger partial charge in [0.15, 0.2) is 0 Å². The van der Waals surface area contributed by atoms with Crippen molar-refractivity contribution < 1.29 is 4.74 Å². The Morgan fingerprint density at radius 2 is 2.06 bits per heavy atom. The van der Waals surface area contributed by atoms with Crippen LogP contribution in [0.1, 0.15) is 39.5 Å². The zero-order valence-electron chi connectivity index (χ0n) is 11.4. The molecule has 2 saturated heterocycles. The zero-order valence-corrected chi connectivity index (χ0v) is 11.4. The molecule has 3 aliphatic rings. The van der Waals surface area contributed by atoms with Crippen molar-refractivity contribution in [3.63, 3.8) is 0 Å².